The molecule has 0 aliphatic heterocycles. The average molecular weight is 492 g/mol. The first kappa shape index (κ1) is 22.7. The number of nitrogens with zero attached hydrogens (tertiary/aromatic N) is 3. The lowest BCUT2D eigenvalue weighted by molar-refractivity contribution is 0.111. The first-order valence-electron chi connectivity index (χ1n) is 8.50. The molecule has 26 heavy (non-hydrogen) atoms. The number of guanidine groups is 1. The number of aliphatic imine (C=N–C) groups is 1. The predicted molar refractivity (Wildman–Crippen MR) is 117 cm³/mol. The van der Waals surface area contributed by atoms with Crippen LogP contribution in [0, 0.1) is 0 Å². The van der Waals surface area contributed by atoms with Gasteiger partial charge < -0.3 is 15.4 Å². The van der Waals surface area contributed by atoms with E-state index in [0.29, 0.717) is 11.6 Å². The Morgan fingerprint density at radius 3 is 2.85 bits per heavy atom. The van der Waals surface area contributed by atoms with Gasteiger partial charge in [-0.15, -0.1) is 24.0 Å². The smallest absolute Gasteiger partial charge is 0.191 e. The van der Waals surface area contributed by atoms with E-state index in [0.717, 1.165) is 37.6 Å². The maximum atomic E-state index is 6.06. The van der Waals surface area contributed by atoms with E-state index in [1.807, 2.05) is 48.1 Å². The standard InChI is InChI=1S/C18H26ClN5O.HI/c1-3-20-18(21-9-5-11-24-12-6-10-23-24)22-14-17(25-2)15-7-4-8-16(19)13-15;/h4,6-8,10,12-13,17H,3,5,9,11,14H2,1-2H3,(H2,20,21,22);1H. The minimum Gasteiger partial charge on any atom is -0.375 e. The summed E-state index contributed by atoms with van der Waals surface area (Å²) in [5, 5.41) is 11.5. The van der Waals surface area contributed by atoms with E-state index in [1.54, 1.807) is 13.3 Å². The first-order valence-corrected chi connectivity index (χ1v) is 8.88. The topological polar surface area (TPSA) is 63.5 Å². The third-order valence-electron chi connectivity index (χ3n) is 3.68. The fraction of sp³-hybridized carbons (Fsp3) is 0.444. The highest BCUT2D eigenvalue weighted by Crippen LogP contribution is 2.20. The van der Waals surface area contributed by atoms with Crippen LogP contribution < -0.4 is 10.6 Å². The van der Waals surface area contributed by atoms with Gasteiger partial charge in [-0.2, -0.15) is 5.10 Å². The molecule has 2 N–H and O–H groups in total. The molecule has 1 aromatic carbocycles. The van der Waals surface area contributed by atoms with Gasteiger partial charge in [-0.05, 0) is 37.1 Å². The normalized spacial score (nSPS) is 12.3. The van der Waals surface area contributed by atoms with Crippen molar-refractivity contribution in [1.29, 1.82) is 0 Å². The minimum atomic E-state index is -0.127. The molecule has 1 unspecified atom stereocenters. The summed E-state index contributed by atoms with van der Waals surface area (Å²) in [6.07, 6.45) is 4.60. The van der Waals surface area contributed by atoms with Gasteiger partial charge in [0, 0.05) is 44.2 Å². The van der Waals surface area contributed by atoms with Crippen LogP contribution in [0.5, 0.6) is 0 Å². The Bertz CT molecular complexity index is 651. The molecule has 1 atom stereocenters. The molecule has 1 heterocycles. The Balaban J connectivity index is 0.00000338. The van der Waals surface area contributed by atoms with E-state index in [4.69, 9.17) is 16.3 Å². The third kappa shape index (κ3) is 7.92. The van der Waals surface area contributed by atoms with E-state index >= 15 is 0 Å². The summed E-state index contributed by atoms with van der Waals surface area (Å²) in [5.74, 6) is 0.784. The molecule has 0 bridgehead atoms. The largest absolute Gasteiger partial charge is 0.375 e. The highest BCUT2D eigenvalue weighted by molar-refractivity contribution is 14.0. The number of halogens is 2. The zero-order valence-corrected chi connectivity index (χ0v) is 18.3. The third-order valence-corrected chi connectivity index (χ3v) is 3.92. The fourth-order valence-electron chi connectivity index (χ4n) is 2.42. The Morgan fingerprint density at radius 2 is 2.19 bits per heavy atom. The Morgan fingerprint density at radius 1 is 1.35 bits per heavy atom. The van der Waals surface area contributed by atoms with Crippen LogP contribution in [0.1, 0.15) is 25.0 Å². The first-order chi connectivity index (χ1) is 12.2. The number of rotatable bonds is 9. The van der Waals surface area contributed by atoms with Crippen LogP contribution in [-0.2, 0) is 11.3 Å². The second-order valence-electron chi connectivity index (χ2n) is 5.55. The molecule has 0 spiro atoms. The Hall–Kier alpha value is -1.32. The molecule has 0 saturated heterocycles. The second-order valence-corrected chi connectivity index (χ2v) is 5.98. The minimum absolute atomic E-state index is 0. The molecular formula is C18H27ClIN5O. The summed E-state index contributed by atoms with van der Waals surface area (Å²) in [6, 6.07) is 9.62. The van der Waals surface area contributed by atoms with Crippen molar-refractivity contribution in [3.05, 3.63) is 53.3 Å². The van der Waals surface area contributed by atoms with Gasteiger partial charge in [-0.3, -0.25) is 9.67 Å². The van der Waals surface area contributed by atoms with E-state index in [1.165, 1.54) is 0 Å². The van der Waals surface area contributed by atoms with Crippen molar-refractivity contribution in [2.45, 2.75) is 26.0 Å². The summed E-state index contributed by atoms with van der Waals surface area (Å²) in [5.41, 5.74) is 1.02. The quantitative estimate of drug-likeness (QED) is 0.244. The molecule has 0 amide bonds. The van der Waals surface area contributed by atoms with Crippen LogP contribution in [0.25, 0.3) is 0 Å². The summed E-state index contributed by atoms with van der Waals surface area (Å²) < 4.78 is 7.48. The lowest BCUT2D eigenvalue weighted by Crippen LogP contribution is -2.38. The number of ether oxygens (including phenoxy) is 1. The summed E-state index contributed by atoms with van der Waals surface area (Å²) in [4.78, 5) is 4.63. The lowest BCUT2D eigenvalue weighted by atomic mass is 10.1. The molecule has 1 aromatic heterocycles. The number of aryl methyl sites for hydroxylation is 1. The van der Waals surface area contributed by atoms with Crippen LogP contribution >= 0.6 is 35.6 Å². The van der Waals surface area contributed by atoms with Crippen molar-refractivity contribution in [2.24, 2.45) is 4.99 Å². The molecule has 0 fully saturated rings. The predicted octanol–water partition coefficient (Wildman–Crippen LogP) is 3.49. The monoisotopic (exact) mass is 491 g/mol. The van der Waals surface area contributed by atoms with Crippen LogP contribution in [0.3, 0.4) is 0 Å². The Kier molecular flexibility index (Phi) is 11.3. The van der Waals surface area contributed by atoms with E-state index in [2.05, 4.69) is 20.7 Å². The maximum absolute atomic E-state index is 6.06. The lowest BCUT2D eigenvalue weighted by Gasteiger charge is -2.16. The average Bonchev–Trinajstić information content (AvgIpc) is 3.12. The van der Waals surface area contributed by atoms with Gasteiger partial charge in [0.05, 0.1) is 6.54 Å². The highest BCUT2D eigenvalue weighted by atomic mass is 127. The molecular weight excluding hydrogens is 465 g/mol. The van der Waals surface area contributed by atoms with Crippen molar-refractivity contribution in [3.63, 3.8) is 0 Å². The van der Waals surface area contributed by atoms with Gasteiger partial charge >= 0.3 is 0 Å². The van der Waals surface area contributed by atoms with Crippen molar-refractivity contribution in [3.8, 4) is 0 Å². The van der Waals surface area contributed by atoms with Crippen LogP contribution in [-0.4, -0.2) is 42.5 Å². The molecule has 2 aromatic rings. The molecule has 0 saturated carbocycles. The van der Waals surface area contributed by atoms with Crippen LogP contribution in [0.15, 0.2) is 47.7 Å². The maximum Gasteiger partial charge on any atom is 0.191 e. The summed E-state index contributed by atoms with van der Waals surface area (Å²) >= 11 is 6.06. The van der Waals surface area contributed by atoms with Gasteiger partial charge in [0.15, 0.2) is 5.96 Å². The number of hydrogen-bond acceptors (Lipinski definition) is 3. The van der Waals surface area contributed by atoms with E-state index in [-0.39, 0.29) is 30.1 Å². The Labute approximate surface area is 177 Å². The molecule has 6 nitrogen and oxygen atoms in total. The number of aromatic nitrogens is 2. The van der Waals surface area contributed by atoms with E-state index < -0.39 is 0 Å². The number of nitrogens with one attached hydrogen (secondary N) is 2. The van der Waals surface area contributed by atoms with Crippen molar-refractivity contribution in [1.82, 2.24) is 20.4 Å². The molecule has 2 rings (SSSR count). The van der Waals surface area contributed by atoms with Gasteiger partial charge in [-0.25, -0.2) is 0 Å². The number of methoxy groups -OCH3 is 1. The van der Waals surface area contributed by atoms with Crippen LogP contribution in [0.2, 0.25) is 5.02 Å². The SMILES string of the molecule is CCNC(=NCC(OC)c1cccc(Cl)c1)NCCCn1cccn1.I. The second kappa shape index (κ2) is 12.9. The van der Waals surface area contributed by atoms with Gasteiger partial charge in [0.25, 0.3) is 0 Å². The van der Waals surface area contributed by atoms with Crippen molar-refractivity contribution in [2.75, 3.05) is 26.7 Å². The summed E-state index contributed by atoms with van der Waals surface area (Å²) in [6.45, 7) is 5.07. The zero-order valence-electron chi connectivity index (χ0n) is 15.2. The number of benzene rings is 1. The van der Waals surface area contributed by atoms with Crippen molar-refractivity contribution >= 4 is 41.5 Å². The van der Waals surface area contributed by atoms with Gasteiger partial charge in [-0.1, -0.05) is 23.7 Å². The van der Waals surface area contributed by atoms with E-state index in [9.17, 15) is 0 Å². The molecule has 8 heteroatoms. The molecule has 0 aliphatic carbocycles. The molecule has 144 valence electrons. The number of hydrogen-bond donors (Lipinski definition) is 2. The van der Waals surface area contributed by atoms with Crippen molar-refractivity contribution < 1.29 is 4.74 Å². The fourth-order valence-corrected chi connectivity index (χ4v) is 2.62. The van der Waals surface area contributed by atoms with Gasteiger partial charge in [0.2, 0.25) is 0 Å². The molecule has 0 radical (unpaired) electrons. The van der Waals surface area contributed by atoms with Gasteiger partial charge in [0.1, 0.15) is 6.10 Å². The zero-order chi connectivity index (χ0) is 17.9. The molecule has 0 aliphatic rings. The summed E-state index contributed by atoms with van der Waals surface area (Å²) in [7, 11) is 1.69. The van der Waals surface area contributed by atoms with Crippen LogP contribution in [0.4, 0.5) is 0 Å². The highest BCUT2D eigenvalue weighted by Gasteiger charge is 2.10.